The van der Waals surface area contributed by atoms with Crippen molar-refractivity contribution < 1.29 is 4.79 Å². The highest BCUT2D eigenvalue weighted by Crippen LogP contribution is 2.02. The molecule has 2 heteroatoms. The van der Waals surface area contributed by atoms with Crippen molar-refractivity contribution >= 4 is 5.91 Å². The van der Waals surface area contributed by atoms with Crippen LogP contribution in [0, 0.1) is 13.8 Å². The summed E-state index contributed by atoms with van der Waals surface area (Å²) in [5.74, 6) is 0.204. The van der Waals surface area contributed by atoms with E-state index in [4.69, 9.17) is 0 Å². The minimum atomic E-state index is 0.204. The zero-order chi connectivity index (χ0) is 10.4. The van der Waals surface area contributed by atoms with Crippen molar-refractivity contribution in [1.29, 1.82) is 0 Å². The first-order valence-electron chi connectivity index (χ1n) is 4.99. The average molecular weight is 191 g/mol. The van der Waals surface area contributed by atoms with Crippen molar-refractivity contribution in [3.05, 3.63) is 35.4 Å². The third-order valence-corrected chi connectivity index (χ3v) is 2.33. The molecule has 0 bridgehead atoms. The molecule has 1 N–H and O–H groups in total. The van der Waals surface area contributed by atoms with E-state index < -0.39 is 0 Å². The second-order valence-electron chi connectivity index (χ2n) is 3.54. The third kappa shape index (κ3) is 3.60. The Morgan fingerprint density at radius 3 is 1.93 bits per heavy atom. The summed E-state index contributed by atoms with van der Waals surface area (Å²) in [6, 6.07) is 8.36. The molecule has 1 saturated heterocycles. The van der Waals surface area contributed by atoms with Gasteiger partial charge in [-0.05, 0) is 31.4 Å². The Bertz CT molecular complexity index is 278. The molecule has 0 spiro atoms. The van der Waals surface area contributed by atoms with E-state index >= 15 is 0 Å². The van der Waals surface area contributed by atoms with Crippen LogP contribution < -0.4 is 5.32 Å². The molecule has 2 nitrogen and oxygen atoms in total. The monoisotopic (exact) mass is 191 g/mol. The van der Waals surface area contributed by atoms with E-state index in [1.165, 1.54) is 11.1 Å². The van der Waals surface area contributed by atoms with Crippen LogP contribution in [0.25, 0.3) is 0 Å². The van der Waals surface area contributed by atoms with Gasteiger partial charge < -0.3 is 5.32 Å². The highest BCUT2D eigenvalue weighted by molar-refractivity contribution is 5.77. The van der Waals surface area contributed by atoms with Gasteiger partial charge in [0, 0.05) is 13.0 Å². The van der Waals surface area contributed by atoms with Gasteiger partial charge in [0.2, 0.25) is 5.91 Å². The molecule has 1 aromatic rings. The Labute approximate surface area is 85.3 Å². The second kappa shape index (κ2) is 5.43. The number of rotatable bonds is 0. The lowest BCUT2D eigenvalue weighted by molar-refractivity contribution is -0.119. The average Bonchev–Trinajstić information content (AvgIpc) is 2.63. The predicted molar refractivity (Wildman–Crippen MR) is 58.2 cm³/mol. The Balaban J connectivity index is 0.000000146. The van der Waals surface area contributed by atoms with Crippen LogP contribution in [0.5, 0.6) is 0 Å². The molecule has 0 radical (unpaired) electrons. The van der Waals surface area contributed by atoms with Crippen LogP contribution in [0.15, 0.2) is 24.3 Å². The van der Waals surface area contributed by atoms with Crippen LogP contribution >= 0.6 is 0 Å². The number of nitrogens with one attached hydrogen (secondary N) is 1. The van der Waals surface area contributed by atoms with E-state index in [9.17, 15) is 4.79 Å². The number of amides is 1. The number of benzene rings is 1. The molecule has 0 unspecified atom stereocenters. The first kappa shape index (κ1) is 10.8. The van der Waals surface area contributed by atoms with Gasteiger partial charge in [-0.3, -0.25) is 4.79 Å². The topological polar surface area (TPSA) is 29.1 Å². The smallest absolute Gasteiger partial charge is 0.220 e. The fraction of sp³-hybridized carbons (Fsp3) is 0.417. The zero-order valence-corrected chi connectivity index (χ0v) is 8.84. The van der Waals surface area contributed by atoms with Crippen LogP contribution in [-0.2, 0) is 4.79 Å². The number of carbonyl (C=O) groups excluding carboxylic acids is 1. The number of hydrogen-bond donors (Lipinski definition) is 1. The summed E-state index contributed by atoms with van der Waals surface area (Å²) >= 11 is 0. The first-order chi connectivity index (χ1) is 6.70. The number of carbonyl (C=O) groups is 1. The lowest BCUT2D eigenvalue weighted by Gasteiger charge is -1.93. The van der Waals surface area contributed by atoms with E-state index in [0.29, 0.717) is 0 Å². The molecule has 2 rings (SSSR count). The molecule has 0 saturated carbocycles. The van der Waals surface area contributed by atoms with Crippen LogP contribution in [0.4, 0.5) is 0 Å². The highest BCUT2D eigenvalue weighted by Gasteiger charge is 2.05. The van der Waals surface area contributed by atoms with E-state index in [0.717, 1.165) is 19.4 Å². The molecule has 76 valence electrons. The van der Waals surface area contributed by atoms with Gasteiger partial charge in [0.1, 0.15) is 0 Å². The lowest BCUT2D eigenvalue weighted by Crippen LogP contribution is -2.12. The van der Waals surface area contributed by atoms with Crippen LogP contribution in [0.3, 0.4) is 0 Å². The van der Waals surface area contributed by atoms with Gasteiger partial charge in [-0.1, -0.05) is 24.3 Å². The summed E-state index contributed by atoms with van der Waals surface area (Å²) in [5, 5.41) is 2.68. The summed E-state index contributed by atoms with van der Waals surface area (Å²) in [4.78, 5) is 10.1. The van der Waals surface area contributed by atoms with Crippen molar-refractivity contribution in [3.8, 4) is 0 Å². The maximum Gasteiger partial charge on any atom is 0.220 e. The van der Waals surface area contributed by atoms with Gasteiger partial charge in [-0.2, -0.15) is 0 Å². The SMILES string of the molecule is Cc1ccccc1C.O=C1CCCN1. The van der Waals surface area contributed by atoms with Gasteiger partial charge in [-0.25, -0.2) is 0 Å². The molecular formula is C12H17NO. The molecule has 1 amide bonds. The maximum absolute atomic E-state index is 10.1. The second-order valence-corrected chi connectivity index (χ2v) is 3.54. The van der Waals surface area contributed by atoms with Crippen molar-refractivity contribution in [2.75, 3.05) is 6.54 Å². The fourth-order valence-electron chi connectivity index (χ4n) is 1.23. The molecule has 1 aromatic carbocycles. The molecular weight excluding hydrogens is 174 g/mol. The first-order valence-corrected chi connectivity index (χ1v) is 4.99. The lowest BCUT2D eigenvalue weighted by atomic mass is 10.1. The van der Waals surface area contributed by atoms with E-state index in [-0.39, 0.29) is 5.91 Å². The number of hydrogen-bond acceptors (Lipinski definition) is 1. The van der Waals surface area contributed by atoms with Gasteiger partial charge in [-0.15, -0.1) is 0 Å². The number of aryl methyl sites for hydroxylation is 2. The molecule has 0 aromatic heterocycles. The molecule has 0 atom stereocenters. The molecule has 1 heterocycles. The summed E-state index contributed by atoms with van der Waals surface area (Å²) < 4.78 is 0. The maximum atomic E-state index is 10.1. The quantitative estimate of drug-likeness (QED) is 0.669. The summed E-state index contributed by atoms with van der Waals surface area (Å²) in [5.41, 5.74) is 2.74. The van der Waals surface area contributed by atoms with Gasteiger partial charge in [0.05, 0.1) is 0 Å². The van der Waals surface area contributed by atoms with Crippen molar-refractivity contribution in [1.82, 2.24) is 5.32 Å². The summed E-state index contributed by atoms with van der Waals surface area (Å²) in [6.07, 6.45) is 1.76. The largest absolute Gasteiger partial charge is 0.356 e. The Morgan fingerprint density at radius 1 is 1.14 bits per heavy atom. The minimum absolute atomic E-state index is 0.204. The zero-order valence-electron chi connectivity index (χ0n) is 8.84. The van der Waals surface area contributed by atoms with Crippen LogP contribution in [0.2, 0.25) is 0 Å². The van der Waals surface area contributed by atoms with Gasteiger partial charge >= 0.3 is 0 Å². The Kier molecular flexibility index (Phi) is 4.17. The predicted octanol–water partition coefficient (Wildman–Crippen LogP) is 2.20. The van der Waals surface area contributed by atoms with Gasteiger partial charge in [0.25, 0.3) is 0 Å². The standard InChI is InChI=1S/C8H10.C4H7NO/c1-7-5-3-4-6-8(7)2;6-4-2-1-3-5-4/h3-6H,1-2H3;1-3H2,(H,5,6). The van der Waals surface area contributed by atoms with Crippen molar-refractivity contribution in [3.63, 3.8) is 0 Å². The van der Waals surface area contributed by atoms with Crippen molar-refractivity contribution in [2.45, 2.75) is 26.7 Å². The fourth-order valence-corrected chi connectivity index (χ4v) is 1.23. The third-order valence-electron chi connectivity index (χ3n) is 2.33. The van der Waals surface area contributed by atoms with Gasteiger partial charge in [0.15, 0.2) is 0 Å². The van der Waals surface area contributed by atoms with E-state index in [1.54, 1.807) is 0 Å². The Hall–Kier alpha value is -1.31. The Morgan fingerprint density at radius 2 is 1.71 bits per heavy atom. The molecule has 14 heavy (non-hydrogen) atoms. The van der Waals surface area contributed by atoms with E-state index in [1.807, 2.05) is 0 Å². The summed E-state index contributed by atoms with van der Waals surface area (Å²) in [6.45, 7) is 5.13. The summed E-state index contributed by atoms with van der Waals surface area (Å²) in [7, 11) is 0. The van der Waals surface area contributed by atoms with E-state index in [2.05, 4.69) is 43.4 Å². The van der Waals surface area contributed by atoms with Crippen LogP contribution in [-0.4, -0.2) is 12.5 Å². The highest BCUT2D eigenvalue weighted by atomic mass is 16.1. The molecule has 1 aliphatic rings. The minimum Gasteiger partial charge on any atom is -0.356 e. The molecule has 1 fully saturated rings. The normalized spacial score (nSPS) is 14.3. The van der Waals surface area contributed by atoms with Crippen LogP contribution in [0.1, 0.15) is 24.0 Å². The van der Waals surface area contributed by atoms with Crippen molar-refractivity contribution in [2.24, 2.45) is 0 Å². The molecule has 0 aliphatic carbocycles. The molecule has 1 aliphatic heterocycles.